The van der Waals surface area contributed by atoms with Crippen molar-refractivity contribution in [2.75, 3.05) is 12.0 Å². The van der Waals surface area contributed by atoms with Gasteiger partial charge in [-0.25, -0.2) is 13.4 Å². The van der Waals surface area contributed by atoms with Crippen molar-refractivity contribution in [3.05, 3.63) is 111 Å². The Labute approximate surface area is 242 Å². The van der Waals surface area contributed by atoms with Crippen LogP contribution in [0.3, 0.4) is 0 Å². The third-order valence-electron chi connectivity index (χ3n) is 6.29. The normalized spacial score (nSPS) is 16.6. The summed E-state index contributed by atoms with van der Waals surface area (Å²) in [6, 6.07) is 15.7. The molecule has 4 aromatic rings. The van der Waals surface area contributed by atoms with Gasteiger partial charge in [-0.2, -0.15) is 0 Å². The highest BCUT2D eigenvalue weighted by molar-refractivity contribution is 7.93. The fourth-order valence-corrected chi connectivity index (χ4v) is 6.92. The molecule has 1 fully saturated rings. The molecule has 1 N–H and O–H groups in total. The monoisotopic (exact) mass is 611 g/mol. The summed E-state index contributed by atoms with van der Waals surface area (Å²) in [5.74, 6) is -1.95. The molecule has 41 heavy (non-hydrogen) atoms. The van der Waals surface area contributed by atoms with Crippen LogP contribution in [-0.2, 0) is 19.4 Å². The number of non-ortho nitro benzene ring substituents is 1. The lowest BCUT2D eigenvalue weighted by Crippen LogP contribution is -2.29. The van der Waals surface area contributed by atoms with Gasteiger partial charge in [0.1, 0.15) is 15.7 Å². The van der Waals surface area contributed by atoms with Gasteiger partial charge in [0.2, 0.25) is 9.84 Å². The van der Waals surface area contributed by atoms with E-state index in [0.717, 1.165) is 35.4 Å². The van der Waals surface area contributed by atoms with Crippen LogP contribution in [0, 0.1) is 10.1 Å². The first-order chi connectivity index (χ1) is 19.5. The van der Waals surface area contributed by atoms with Crippen LogP contribution in [-0.4, -0.2) is 42.2 Å². The predicted molar refractivity (Wildman–Crippen MR) is 150 cm³/mol. The Kier molecular flexibility index (Phi) is 7.34. The highest BCUT2D eigenvalue weighted by Crippen LogP contribution is 2.44. The number of hydrogen-bond acceptors (Lipinski definition) is 10. The standard InChI is InChI=1S/C27H18ClN3O8S2/c1-39-19-10-4-15(5-11-19)23-22(24(32)16-2-6-17(28)7-3-16)25(33)26(34)30(23)27-29-14-21(40-27)41(37,38)20-12-8-18(9-13-20)31(35)36/h2-14,23,32H,1H3/b24-22+. The van der Waals surface area contributed by atoms with E-state index < -0.39 is 38.3 Å². The molecule has 208 valence electrons. The topological polar surface area (TPSA) is 157 Å². The number of methoxy groups -OCH3 is 1. The quantitative estimate of drug-likeness (QED) is 0.0978. The molecule has 1 amide bonds. The summed E-state index contributed by atoms with van der Waals surface area (Å²) >= 11 is 6.60. The number of amides is 1. The Hall–Kier alpha value is -4.59. The molecule has 1 atom stereocenters. The zero-order valence-electron chi connectivity index (χ0n) is 20.9. The number of anilines is 1. The number of Topliss-reactive ketones (excluding diaryl/α,β-unsaturated/α-hetero) is 1. The highest BCUT2D eigenvalue weighted by atomic mass is 35.5. The summed E-state index contributed by atoms with van der Waals surface area (Å²) < 4.78 is 31.5. The Morgan fingerprint density at radius 1 is 1.05 bits per heavy atom. The van der Waals surface area contributed by atoms with Crippen LogP contribution in [0.1, 0.15) is 17.2 Å². The second-order valence-corrected chi connectivity index (χ2v) is 12.3. The number of hydrogen-bond donors (Lipinski definition) is 1. The van der Waals surface area contributed by atoms with Crippen molar-refractivity contribution in [3.8, 4) is 5.75 Å². The molecule has 11 nitrogen and oxygen atoms in total. The third kappa shape index (κ3) is 5.06. The van der Waals surface area contributed by atoms with Crippen LogP contribution < -0.4 is 9.64 Å². The fraction of sp³-hybridized carbons (Fsp3) is 0.0741. The first-order valence-electron chi connectivity index (χ1n) is 11.7. The van der Waals surface area contributed by atoms with E-state index in [4.69, 9.17) is 16.3 Å². The van der Waals surface area contributed by atoms with Crippen LogP contribution >= 0.6 is 22.9 Å². The Morgan fingerprint density at radius 3 is 2.27 bits per heavy atom. The minimum Gasteiger partial charge on any atom is -0.507 e. The lowest BCUT2D eigenvalue weighted by Gasteiger charge is -2.23. The molecule has 0 aliphatic carbocycles. The molecule has 0 bridgehead atoms. The van der Waals surface area contributed by atoms with Gasteiger partial charge in [0.05, 0.1) is 34.7 Å². The number of nitro groups is 1. The molecule has 0 radical (unpaired) electrons. The van der Waals surface area contributed by atoms with Gasteiger partial charge in [-0.1, -0.05) is 35.1 Å². The number of benzene rings is 3. The highest BCUT2D eigenvalue weighted by Gasteiger charge is 2.48. The van der Waals surface area contributed by atoms with Gasteiger partial charge >= 0.3 is 5.91 Å². The van der Waals surface area contributed by atoms with Gasteiger partial charge in [0, 0.05) is 22.7 Å². The van der Waals surface area contributed by atoms with E-state index in [1.54, 1.807) is 24.3 Å². The number of ketones is 1. The number of carbonyl (C=O) groups excluding carboxylic acids is 2. The van der Waals surface area contributed by atoms with Crippen molar-refractivity contribution in [2.45, 2.75) is 15.1 Å². The molecule has 1 saturated heterocycles. The van der Waals surface area contributed by atoms with Crippen molar-refractivity contribution < 1.29 is 32.8 Å². The number of aliphatic hydroxyl groups excluding tert-OH is 1. The summed E-state index contributed by atoms with van der Waals surface area (Å²) in [5.41, 5.74) is 0.164. The fourth-order valence-electron chi connectivity index (χ4n) is 4.24. The molecule has 1 aliphatic rings. The number of rotatable bonds is 7. The van der Waals surface area contributed by atoms with Crippen LogP contribution in [0.2, 0.25) is 5.02 Å². The molecule has 14 heteroatoms. The molecule has 2 heterocycles. The van der Waals surface area contributed by atoms with Crippen LogP contribution in [0.25, 0.3) is 5.76 Å². The second kappa shape index (κ2) is 10.8. The summed E-state index contributed by atoms with van der Waals surface area (Å²) in [6.45, 7) is 0. The lowest BCUT2D eigenvalue weighted by atomic mass is 9.95. The molecular formula is C27H18ClN3O8S2. The van der Waals surface area contributed by atoms with Gasteiger partial charge in [-0.05, 0) is 54.1 Å². The van der Waals surface area contributed by atoms with Gasteiger partial charge in [-0.3, -0.25) is 24.6 Å². The Bertz CT molecular complexity index is 1820. The number of sulfone groups is 1. The maximum atomic E-state index is 13.4. The van der Waals surface area contributed by atoms with E-state index in [9.17, 15) is 33.2 Å². The lowest BCUT2D eigenvalue weighted by molar-refractivity contribution is -0.384. The van der Waals surface area contributed by atoms with Crippen LogP contribution in [0.4, 0.5) is 10.8 Å². The van der Waals surface area contributed by atoms with Crippen molar-refractivity contribution in [3.63, 3.8) is 0 Å². The van der Waals surface area contributed by atoms with Gasteiger partial charge in [0.25, 0.3) is 11.5 Å². The zero-order chi connectivity index (χ0) is 29.5. The summed E-state index contributed by atoms with van der Waals surface area (Å²) in [5, 5.41) is 22.4. The Morgan fingerprint density at radius 2 is 1.68 bits per heavy atom. The SMILES string of the molecule is COc1ccc(C2/C(=C(\O)c3ccc(Cl)cc3)C(=O)C(=O)N2c2ncc(S(=O)(=O)c3ccc([N+](=O)[O-])cc3)s2)cc1. The minimum absolute atomic E-state index is 0.108. The smallest absolute Gasteiger partial charge is 0.301 e. The predicted octanol–water partition coefficient (Wildman–Crippen LogP) is 5.17. The molecule has 0 spiro atoms. The van der Waals surface area contributed by atoms with Crippen molar-refractivity contribution in [2.24, 2.45) is 0 Å². The van der Waals surface area contributed by atoms with E-state index in [-0.39, 0.29) is 31.1 Å². The van der Waals surface area contributed by atoms with Crippen molar-refractivity contribution in [1.29, 1.82) is 0 Å². The molecule has 1 aromatic heterocycles. The molecule has 3 aromatic carbocycles. The number of carbonyl (C=O) groups is 2. The average molecular weight is 612 g/mol. The number of nitrogens with zero attached hydrogens (tertiary/aromatic N) is 3. The van der Waals surface area contributed by atoms with Gasteiger partial charge < -0.3 is 9.84 Å². The maximum Gasteiger partial charge on any atom is 0.301 e. The zero-order valence-corrected chi connectivity index (χ0v) is 23.3. The van der Waals surface area contributed by atoms with Gasteiger partial charge in [0.15, 0.2) is 5.13 Å². The van der Waals surface area contributed by atoms with E-state index in [2.05, 4.69) is 4.98 Å². The Balaban J connectivity index is 1.62. The number of aliphatic hydroxyl groups is 1. The average Bonchev–Trinajstić information content (AvgIpc) is 3.56. The van der Waals surface area contributed by atoms with E-state index in [1.807, 2.05) is 0 Å². The number of nitro benzene ring substituents is 1. The van der Waals surface area contributed by atoms with Crippen molar-refractivity contribution in [1.82, 2.24) is 4.98 Å². The van der Waals surface area contributed by atoms with E-state index in [0.29, 0.717) is 27.7 Å². The minimum atomic E-state index is -4.17. The molecular weight excluding hydrogens is 594 g/mol. The van der Waals surface area contributed by atoms with Gasteiger partial charge in [-0.15, -0.1) is 0 Å². The molecule has 1 unspecified atom stereocenters. The maximum absolute atomic E-state index is 13.4. The molecule has 1 aliphatic heterocycles. The summed E-state index contributed by atoms with van der Waals surface area (Å²) in [4.78, 5) is 42.0. The van der Waals surface area contributed by atoms with Crippen molar-refractivity contribution >= 4 is 61.0 Å². The first-order valence-corrected chi connectivity index (χ1v) is 14.4. The third-order valence-corrected chi connectivity index (χ3v) is 9.77. The summed E-state index contributed by atoms with van der Waals surface area (Å²) in [7, 11) is -2.69. The number of aromatic nitrogens is 1. The van der Waals surface area contributed by atoms with Crippen LogP contribution in [0.15, 0.2) is 93.7 Å². The summed E-state index contributed by atoms with van der Waals surface area (Å²) in [6.07, 6.45) is 1.04. The van der Waals surface area contributed by atoms with Crippen LogP contribution in [0.5, 0.6) is 5.75 Å². The van der Waals surface area contributed by atoms with E-state index in [1.165, 1.54) is 31.4 Å². The first kappa shape index (κ1) is 28.0. The molecule has 0 saturated carbocycles. The second-order valence-electron chi connectivity index (χ2n) is 8.67. The molecule has 5 rings (SSSR count). The number of ether oxygens (including phenoxy) is 1. The largest absolute Gasteiger partial charge is 0.507 e. The number of halogens is 1. The number of thiazole rings is 1. The van der Waals surface area contributed by atoms with E-state index >= 15 is 0 Å².